The third-order valence-corrected chi connectivity index (χ3v) is 3.52. The van der Waals surface area contributed by atoms with Gasteiger partial charge in [-0.15, -0.1) is 0 Å². The van der Waals surface area contributed by atoms with E-state index in [1.807, 2.05) is 18.2 Å². The van der Waals surface area contributed by atoms with E-state index in [1.165, 1.54) is 4.90 Å². The normalized spacial score (nSPS) is 16.7. The van der Waals surface area contributed by atoms with Crippen molar-refractivity contribution in [3.63, 3.8) is 0 Å². The van der Waals surface area contributed by atoms with Crippen LogP contribution in [0.1, 0.15) is 5.56 Å². The Bertz CT molecular complexity index is 537. The third kappa shape index (κ3) is 3.93. The number of carbonyl (C=O) groups excluding carboxylic acids is 2. The number of ether oxygens (including phenoxy) is 1. The molecule has 0 unspecified atom stereocenters. The fourth-order valence-corrected chi connectivity index (χ4v) is 2.22. The molecule has 1 atom stereocenters. The molecule has 0 aromatic heterocycles. The molecular formula is C14H17ClN2O4. The summed E-state index contributed by atoms with van der Waals surface area (Å²) in [4.78, 5) is 25.6. The van der Waals surface area contributed by atoms with Gasteiger partial charge in [0.25, 0.3) is 0 Å². The van der Waals surface area contributed by atoms with Crippen LogP contribution in [0, 0.1) is 0 Å². The Balaban J connectivity index is 1.78. The molecule has 0 radical (unpaired) electrons. The molecule has 114 valence electrons. The monoisotopic (exact) mass is 312 g/mol. The van der Waals surface area contributed by atoms with Gasteiger partial charge in [-0.2, -0.15) is 0 Å². The van der Waals surface area contributed by atoms with Crippen LogP contribution in [0.25, 0.3) is 0 Å². The summed E-state index contributed by atoms with van der Waals surface area (Å²) in [7, 11) is 1.54. The molecular weight excluding hydrogens is 296 g/mol. The molecule has 1 aliphatic rings. The van der Waals surface area contributed by atoms with E-state index in [0.717, 1.165) is 10.5 Å². The second-order valence-corrected chi connectivity index (χ2v) is 5.31. The van der Waals surface area contributed by atoms with Crippen molar-refractivity contribution in [2.45, 2.75) is 12.7 Å². The number of halogens is 1. The molecule has 7 heteroatoms. The minimum absolute atomic E-state index is 0.0198. The number of likely N-dealkylation sites (N-methyl/N-ethyl adjacent to an activating group) is 1. The molecule has 1 saturated heterocycles. The number of amides is 3. The van der Waals surface area contributed by atoms with Gasteiger partial charge in [-0.25, -0.2) is 4.79 Å². The van der Waals surface area contributed by atoms with E-state index in [9.17, 15) is 14.7 Å². The molecule has 0 saturated carbocycles. The van der Waals surface area contributed by atoms with Gasteiger partial charge in [0.15, 0.2) is 0 Å². The Morgan fingerprint density at radius 1 is 1.38 bits per heavy atom. The first kappa shape index (κ1) is 15.8. The van der Waals surface area contributed by atoms with Gasteiger partial charge in [0.1, 0.15) is 6.54 Å². The Morgan fingerprint density at radius 3 is 2.71 bits per heavy atom. The maximum atomic E-state index is 11.7. The van der Waals surface area contributed by atoms with Crippen LogP contribution >= 0.6 is 11.6 Å². The molecule has 21 heavy (non-hydrogen) atoms. The summed E-state index contributed by atoms with van der Waals surface area (Å²) in [6.45, 7) is 0.265. The van der Waals surface area contributed by atoms with Crippen LogP contribution in [0.2, 0.25) is 5.02 Å². The minimum atomic E-state index is -0.924. The molecule has 0 bridgehead atoms. The first-order valence-electron chi connectivity index (χ1n) is 6.53. The van der Waals surface area contributed by atoms with Crippen LogP contribution in [0.5, 0.6) is 0 Å². The molecule has 1 aromatic rings. The summed E-state index contributed by atoms with van der Waals surface area (Å²) in [5.74, 6) is -0.312. The quantitative estimate of drug-likeness (QED) is 0.799. The van der Waals surface area contributed by atoms with E-state index in [0.29, 0.717) is 5.02 Å². The second-order valence-electron chi connectivity index (χ2n) is 4.90. The van der Waals surface area contributed by atoms with E-state index in [2.05, 4.69) is 0 Å². The van der Waals surface area contributed by atoms with Crippen molar-refractivity contribution >= 4 is 23.5 Å². The van der Waals surface area contributed by atoms with Crippen molar-refractivity contribution in [3.05, 3.63) is 34.9 Å². The number of rotatable bonds is 6. The molecule has 1 aliphatic heterocycles. The highest BCUT2D eigenvalue weighted by atomic mass is 35.5. The van der Waals surface area contributed by atoms with Gasteiger partial charge in [-0.3, -0.25) is 9.69 Å². The van der Waals surface area contributed by atoms with Crippen molar-refractivity contribution in [1.82, 2.24) is 9.80 Å². The molecule has 1 heterocycles. The number of hydrogen-bond donors (Lipinski definition) is 1. The van der Waals surface area contributed by atoms with E-state index in [1.54, 1.807) is 13.1 Å². The Kier molecular flexibility index (Phi) is 5.17. The van der Waals surface area contributed by atoms with Gasteiger partial charge < -0.3 is 14.7 Å². The fourth-order valence-electron chi connectivity index (χ4n) is 2.03. The summed E-state index contributed by atoms with van der Waals surface area (Å²) >= 11 is 5.99. The number of nitrogens with zero attached hydrogens (tertiary/aromatic N) is 2. The number of imide groups is 1. The average molecular weight is 313 g/mol. The number of carbonyl (C=O) groups is 2. The molecule has 6 nitrogen and oxygen atoms in total. The van der Waals surface area contributed by atoms with Crippen molar-refractivity contribution in [1.29, 1.82) is 0 Å². The Hall–Kier alpha value is -1.63. The maximum Gasteiger partial charge on any atom is 0.327 e. The highest BCUT2D eigenvalue weighted by molar-refractivity contribution is 6.31. The zero-order chi connectivity index (χ0) is 15.4. The van der Waals surface area contributed by atoms with Crippen LogP contribution in [-0.2, 0) is 16.1 Å². The zero-order valence-corrected chi connectivity index (χ0v) is 12.4. The summed E-state index contributed by atoms with van der Waals surface area (Å²) < 4.78 is 5.37. The number of urea groups is 1. The Morgan fingerprint density at radius 2 is 2.10 bits per heavy atom. The van der Waals surface area contributed by atoms with Crippen LogP contribution in [-0.4, -0.2) is 59.7 Å². The smallest absolute Gasteiger partial charge is 0.327 e. The van der Waals surface area contributed by atoms with Gasteiger partial charge in [0.2, 0.25) is 5.91 Å². The Labute approximate surface area is 127 Å². The van der Waals surface area contributed by atoms with Crippen LogP contribution in [0.4, 0.5) is 4.79 Å². The fraction of sp³-hybridized carbons (Fsp3) is 0.429. The highest BCUT2D eigenvalue weighted by Gasteiger charge is 2.34. The van der Waals surface area contributed by atoms with E-state index in [-0.39, 0.29) is 32.2 Å². The lowest BCUT2D eigenvalue weighted by Gasteiger charge is -2.18. The SMILES string of the molecule is CN1CC(=O)N(C[C@@H](O)COCc2ccccc2Cl)C1=O. The molecule has 0 aliphatic carbocycles. The van der Waals surface area contributed by atoms with Gasteiger partial charge in [0.05, 0.1) is 25.9 Å². The first-order valence-corrected chi connectivity index (χ1v) is 6.91. The molecule has 1 fully saturated rings. The minimum Gasteiger partial charge on any atom is -0.389 e. The lowest BCUT2D eigenvalue weighted by molar-refractivity contribution is -0.126. The van der Waals surface area contributed by atoms with Crippen LogP contribution in [0.3, 0.4) is 0 Å². The van der Waals surface area contributed by atoms with Gasteiger partial charge in [-0.1, -0.05) is 29.8 Å². The number of benzene rings is 1. The van der Waals surface area contributed by atoms with Crippen molar-refractivity contribution in [2.75, 3.05) is 26.7 Å². The molecule has 1 N–H and O–H groups in total. The molecule has 2 rings (SSSR count). The van der Waals surface area contributed by atoms with E-state index in [4.69, 9.17) is 16.3 Å². The number of aliphatic hydroxyl groups excluding tert-OH is 1. The summed E-state index contributed by atoms with van der Waals surface area (Å²) in [6, 6.07) is 6.86. The molecule has 0 spiro atoms. The van der Waals surface area contributed by atoms with Crippen molar-refractivity contribution in [3.8, 4) is 0 Å². The standard InChI is InChI=1S/C14H17ClN2O4/c1-16-7-13(19)17(14(16)20)6-11(18)9-21-8-10-4-2-3-5-12(10)15/h2-5,11,18H,6-9H2,1H3/t11-/m1/s1. The van der Waals surface area contributed by atoms with Crippen LogP contribution < -0.4 is 0 Å². The maximum absolute atomic E-state index is 11.7. The van der Waals surface area contributed by atoms with Crippen LogP contribution in [0.15, 0.2) is 24.3 Å². The van der Waals surface area contributed by atoms with Gasteiger partial charge >= 0.3 is 6.03 Å². The van der Waals surface area contributed by atoms with E-state index >= 15 is 0 Å². The number of β-amino-alcohol motifs (C(OH)–C–C–N with tert-alkyl or cyclic N) is 1. The summed E-state index contributed by atoms with van der Waals surface area (Å²) in [5, 5.41) is 10.5. The predicted octanol–water partition coefficient (Wildman–Crippen LogP) is 1.11. The van der Waals surface area contributed by atoms with Crippen molar-refractivity contribution in [2.24, 2.45) is 0 Å². The lowest BCUT2D eigenvalue weighted by Crippen LogP contribution is -2.39. The average Bonchev–Trinajstić information content (AvgIpc) is 2.68. The highest BCUT2D eigenvalue weighted by Crippen LogP contribution is 2.16. The van der Waals surface area contributed by atoms with Crippen molar-refractivity contribution < 1.29 is 19.4 Å². The second kappa shape index (κ2) is 6.89. The summed E-state index contributed by atoms with van der Waals surface area (Å²) in [6.07, 6.45) is -0.924. The number of hydrogen-bond acceptors (Lipinski definition) is 4. The van der Waals surface area contributed by atoms with E-state index < -0.39 is 12.1 Å². The van der Waals surface area contributed by atoms with Gasteiger partial charge in [-0.05, 0) is 11.6 Å². The number of aliphatic hydroxyl groups is 1. The first-order chi connectivity index (χ1) is 9.99. The largest absolute Gasteiger partial charge is 0.389 e. The van der Waals surface area contributed by atoms with Gasteiger partial charge in [0, 0.05) is 12.1 Å². The third-order valence-electron chi connectivity index (χ3n) is 3.15. The lowest BCUT2D eigenvalue weighted by atomic mass is 10.2. The molecule has 1 aromatic carbocycles. The molecule has 3 amide bonds. The summed E-state index contributed by atoms with van der Waals surface area (Å²) in [5.41, 5.74) is 0.819. The topological polar surface area (TPSA) is 70.1 Å². The predicted molar refractivity (Wildman–Crippen MR) is 76.9 cm³/mol. The zero-order valence-electron chi connectivity index (χ0n) is 11.7.